The lowest BCUT2D eigenvalue weighted by Crippen LogP contribution is -2.56. The van der Waals surface area contributed by atoms with E-state index in [2.05, 4.69) is 58.9 Å². The lowest BCUT2D eigenvalue weighted by Gasteiger charge is -2.57. The second-order valence-electron chi connectivity index (χ2n) is 6.16. The fourth-order valence-corrected chi connectivity index (χ4v) is 5.00. The number of benzene rings is 1. The number of hydrogen-bond donors (Lipinski definition) is 0. The van der Waals surface area contributed by atoms with Gasteiger partial charge in [-0.1, -0.05) is 52.8 Å². The molecule has 1 aromatic rings. The van der Waals surface area contributed by atoms with Crippen LogP contribution in [0.3, 0.4) is 0 Å². The van der Waals surface area contributed by atoms with Gasteiger partial charge in [-0.05, 0) is 38.2 Å². The highest BCUT2D eigenvalue weighted by atomic mass is 16.5. The molecule has 1 nitrogen and oxygen atoms in total. The maximum atomic E-state index is 6.44. The van der Waals surface area contributed by atoms with Crippen molar-refractivity contribution >= 4 is 0 Å². The summed E-state index contributed by atoms with van der Waals surface area (Å²) in [4.78, 5) is 0. The fraction of sp³-hybridized carbons (Fsp3) is 0.684. The largest absolute Gasteiger partial charge is 0.490 e. The third kappa shape index (κ3) is 1.82. The van der Waals surface area contributed by atoms with Crippen molar-refractivity contribution in [2.24, 2.45) is 5.41 Å². The second-order valence-corrected chi connectivity index (χ2v) is 6.16. The summed E-state index contributed by atoms with van der Waals surface area (Å²) in [5, 5.41) is 0. The van der Waals surface area contributed by atoms with Crippen molar-refractivity contribution in [3.8, 4) is 5.75 Å². The Labute approximate surface area is 124 Å². The van der Waals surface area contributed by atoms with Gasteiger partial charge in [0.1, 0.15) is 11.9 Å². The lowest BCUT2D eigenvalue weighted by atomic mass is 9.51. The summed E-state index contributed by atoms with van der Waals surface area (Å²) in [6.07, 6.45) is 6.21. The highest BCUT2D eigenvalue weighted by Gasteiger charge is 2.56. The molecule has 0 saturated carbocycles. The van der Waals surface area contributed by atoms with E-state index in [0.29, 0.717) is 6.10 Å². The van der Waals surface area contributed by atoms with Crippen LogP contribution in [0.25, 0.3) is 0 Å². The average Bonchev–Trinajstić information content (AvgIpc) is 2.52. The van der Waals surface area contributed by atoms with Gasteiger partial charge in [-0.25, -0.2) is 0 Å². The summed E-state index contributed by atoms with van der Waals surface area (Å²) in [5.41, 5.74) is 1.96. The van der Waals surface area contributed by atoms with E-state index in [-0.39, 0.29) is 10.8 Å². The summed E-state index contributed by atoms with van der Waals surface area (Å²) in [5.74, 6) is 1.13. The van der Waals surface area contributed by atoms with E-state index in [9.17, 15) is 0 Å². The van der Waals surface area contributed by atoms with Gasteiger partial charge in [0.2, 0.25) is 0 Å². The van der Waals surface area contributed by atoms with Crippen LogP contribution >= 0.6 is 0 Å². The van der Waals surface area contributed by atoms with Crippen LogP contribution < -0.4 is 4.74 Å². The minimum atomic E-state index is 0.256. The van der Waals surface area contributed by atoms with Gasteiger partial charge in [0, 0.05) is 16.4 Å². The number of hydrogen-bond acceptors (Lipinski definition) is 1. The highest BCUT2D eigenvalue weighted by molar-refractivity contribution is 5.44. The lowest BCUT2D eigenvalue weighted by molar-refractivity contribution is -0.0603. The average molecular weight is 274 g/mol. The van der Waals surface area contributed by atoms with Crippen LogP contribution in [-0.2, 0) is 5.41 Å². The minimum absolute atomic E-state index is 0.256. The van der Waals surface area contributed by atoms with Gasteiger partial charge in [-0.3, -0.25) is 0 Å². The normalized spacial score (nSPS) is 22.9. The van der Waals surface area contributed by atoms with Crippen LogP contribution in [0.2, 0.25) is 0 Å². The van der Waals surface area contributed by atoms with Gasteiger partial charge in [-0.15, -0.1) is 0 Å². The van der Waals surface area contributed by atoms with Gasteiger partial charge in [0.15, 0.2) is 0 Å². The van der Waals surface area contributed by atoms with Gasteiger partial charge >= 0.3 is 0 Å². The summed E-state index contributed by atoms with van der Waals surface area (Å²) in [6, 6.07) is 8.73. The topological polar surface area (TPSA) is 9.23 Å². The van der Waals surface area contributed by atoms with E-state index in [4.69, 9.17) is 4.74 Å². The van der Waals surface area contributed by atoms with Crippen LogP contribution in [0, 0.1) is 5.41 Å². The van der Waals surface area contributed by atoms with Crippen LogP contribution in [-0.4, -0.2) is 6.10 Å². The Hall–Kier alpha value is -0.980. The molecule has 1 unspecified atom stereocenters. The molecule has 0 bridgehead atoms. The maximum Gasteiger partial charge on any atom is 0.123 e. The summed E-state index contributed by atoms with van der Waals surface area (Å²) in [6.45, 7) is 11.7. The molecule has 112 valence electrons. The molecule has 0 N–H and O–H groups in total. The van der Waals surface area contributed by atoms with E-state index in [1.54, 1.807) is 0 Å². The molecule has 1 aliphatic rings. The number of ether oxygens (including phenoxy) is 1. The Bertz CT molecular complexity index is 441. The molecular formula is C19H30O. The molecule has 1 heterocycles. The molecule has 1 atom stereocenters. The molecule has 1 heteroatoms. The molecule has 1 aromatic carbocycles. The smallest absolute Gasteiger partial charge is 0.123 e. The van der Waals surface area contributed by atoms with Crippen molar-refractivity contribution < 1.29 is 4.74 Å². The van der Waals surface area contributed by atoms with E-state index in [1.807, 2.05) is 0 Å². The SMILES string of the molecule is CCC1Oc2ccccc2C(CC)(CC)C1(CC)CC. The van der Waals surface area contributed by atoms with Crippen LogP contribution in [0.1, 0.15) is 72.3 Å². The molecule has 0 radical (unpaired) electrons. The van der Waals surface area contributed by atoms with Crippen LogP contribution in [0.5, 0.6) is 5.75 Å². The molecule has 0 aliphatic carbocycles. The zero-order chi connectivity index (χ0) is 14.8. The monoisotopic (exact) mass is 274 g/mol. The predicted molar refractivity (Wildman–Crippen MR) is 86.4 cm³/mol. The standard InChI is InChI=1S/C19H30O/c1-6-17-19(9-4,10-5)18(7-2,8-3)15-13-11-12-14-16(15)20-17/h11-14,17H,6-10H2,1-5H3. The van der Waals surface area contributed by atoms with Crippen molar-refractivity contribution in [2.45, 2.75) is 78.2 Å². The second kappa shape index (κ2) is 5.79. The van der Waals surface area contributed by atoms with Crippen molar-refractivity contribution in [3.63, 3.8) is 0 Å². The van der Waals surface area contributed by atoms with Crippen molar-refractivity contribution in [3.05, 3.63) is 29.8 Å². The van der Waals surface area contributed by atoms with E-state index in [0.717, 1.165) is 12.2 Å². The third-order valence-corrected chi connectivity index (χ3v) is 6.08. The maximum absolute atomic E-state index is 6.44. The Balaban J connectivity index is 2.72. The first-order chi connectivity index (χ1) is 9.65. The Kier molecular flexibility index (Phi) is 4.46. The summed E-state index contributed by atoms with van der Waals surface area (Å²) >= 11 is 0. The zero-order valence-corrected chi connectivity index (χ0v) is 13.8. The summed E-state index contributed by atoms with van der Waals surface area (Å²) < 4.78 is 6.44. The Morgan fingerprint density at radius 1 is 0.900 bits per heavy atom. The van der Waals surface area contributed by atoms with E-state index < -0.39 is 0 Å². The molecule has 1 aliphatic heterocycles. The minimum Gasteiger partial charge on any atom is -0.490 e. The number of rotatable bonds is 5. The quantitative estimate of drug-likeness (QED) is 0.667. The Morgan fingerprint density at radius 3 is 2.00 bits per heavy atom. The molecule has 0 aromatic heterocycles. The molecule has 0 fully saturated rings. The van der Waals surface area contributed by atoms with Crippen molar-refractivity contribution in [2.75, 3.05) is 0 Å². The molecule has 0 spiro atoms. The molecule has 2 rings (SSSR count). The van der Waals surface area contributed by atoms with E-state index in [1.165, 1.54) is 31.2 Å². The number of fused-ring (bicyclic) bond motifs is 1. The van der Waals surface area contributed by atoms with Gasteiger partial charge in [-0.2, -0.15) is 0 Å². The molecular weight excluding hydrogens is 244 g/mol. The van der Waals surface area contributed by atoms with Gasteiger partial charge < -0.3 is 4.74 Å². The first-order valence-corrected chi connectivity index (χ1v) is 8.41. The third-order valence-electron chi connectivity index (χ3n) is 6.08. The van der Waals surface area contributed by atoms with Crippen LogP contribution in [0.15, 0.2) is 24.3 Å². The van der Waals surface area contributed by atoms with Gasteiger partial charge in [0.25, 0.3) is 0 Å². The van der Waals surface area contributed by atoms with Crippen molar-refractivity contribution in [1.29, 1.82) is 0 Å². The van der Waals surface area contributed by atoms with Crippen molar-refractivity contribution in [1.82, 2.24) is 0 Å². The molecule has 0 saturated heterocycles. The first kappa shape index (κ1) is 15.4. The zero-order valence-electron chi connectivity index (χ0n) is 13.8. The highest BCUT2D eigenvalue weighted by Crippen LogP contribution is 2.59. The summed E-state index contributed by atoms with van der Waals surface area (Å²) in [7, 11) is 0. The van der Waals surface area contributed by atoms with Crippen LogP contribution in [0.4, 0.5) is 0 Å². The number of para-hydroxylation sites is 1. The Morgan fingerprint density at radius 2 is 1.50 bits per heavy atom. The fourth-order valence-electron chi connectivity index (χ4n) is 5.00. The predicted octanol–water partition coefficient (Wildman–Crippen LogP) is 5.72. The van der Waals surface area contributed by atoms with Gasteiger partial charge in [0.05, 0.1) is 0 Å². The molecule has 0 amide bonds. The first-order valence-electron chi connectivity index (χ1n) is 8.41. The van der Waals surface area contributed by atoms with E-state index >= 15 is 0 Å². The molecule has 20 heavy (non-hydrogen) atoms.